The molecular weight excluding hydrogens is 657 g/mol. The molecule has 0 saturated heterocycles. The minimum atomic E-state index is -4.23. The molecule has 0 aliphatic rings. The van der Waals surface area contributed by atoms with Crippen LogP contribution >= 0.6 is 15.9 Å². The second kappa shape index (κ2) is 15.8. The first kappa shape index (κ1) is 33.9. The maximum Gasteiger partial charge on any atom is 0.264 e. The van der Waals surface area contributed by atoms with Gasteiger partial charge in [-0.2, -0.15) is 0 Å². The molecule has 0 bridgehead atoms. The summed E-state index contributed by atoms with van der Waals surface area (Å²) in [6, 6.07) is 27.3. The van der Waals surface area contributed by atoms with Crippen molar-refractivity contribution >= 4 is 43.5 Å². The molecule has 0 heterocycles. The number of rotatable bonds is 14. The molecular formula is C35H37BrFN3O4S. The minimum Gasteiger partial charge on any atom is -0.354 e. The maximum atomic E-state index is 15.0. The van der Waals surface area contributed by atoms with Crippen molar-refractivity contribution in [3.63, 3.8) is 0 Å². The summed E-state index contributed by atoms with van der Waals surface area (Å²) in [5.74, 6) is -1.58. The lowest BCUT2D eigenvalue weighted by molar-refractivity contribution is -0.140. The number of sulfonamides is 1. The first-order valence-corrected chi connectivity index (χ1v) is 17.0. The van der Waals surface area contributed by atoms with E-state index in [0.29, 0.717) is 11.0 Å². The van der Waals surface area contributed by atoms with E-state index in [0.717, 1.165) is 28.3 Å². The van der Waals surface area contributed by atoms with Gasteiger partial charge in [-0.05, 0) is 55.3 Å². The van der Waals surface area contributed by atoms with Crippen molar-refractivity contribution in [2.24, 2.45) is 0 Å². The Morgan fingerprint density at radius 2 is 1.60 bits per heavy atom. The van der Waals surface area contributed by atoms with Crippen molar-refractivity contribution < 1.29 is 22.4 Å². The zero-order valence-corrected chi connectivity index (χ0v) is 27.7. The summed E-state index contributed by atoms with van der Waals surface area (Å²) in [6.45, 7) is 3.42. The molecule has 236 valence electrons. The van der Waals surface area contributed by atoms with Crippen molar-refractivity contribution in [3.8, 4) is 0 Å². The largest absolute Gasteiger partial charge is 0.354 e. The third-order valence-electron chi connectivity index (χ3n) is 7.38. The fraction of sp³-hybridized carbons (Fsp3) is 0.257. The van der Waals surface area contributed by atoms with E-state index in [1.54, 1.807) is 54.6 Å². The van der Waals surface area contributed by atoms with Gasteiger partial charge in [0.2, 0.25) is 11.8 Å². The fourth-order valence-electron chi connectivity index (χ4n) is 4.87. The van der Waals surface area contributed by atoms with Gasteiger partial charge in [0.15, 0.2) is 0 Å². The third-order valence-corrected chi connectivity index (χ3v) is 9.66. The zero-order valence-electron chi connectivity index (χ0n) is 25.3. The Hall–Kier alpha value is -4.02. The first-order valence-electron chi connectivity index (χ1n) is 14.8. The molecule has 0 saturated carbocycles. The summed E-state index contributed by atoms with van der Waals surface area (Å²) in [7, 11) is -4.23. The summed E-state index contributed by atoms with van der Waals surface area (Å²) in [5.41, 5.74) is 2.15. The number of carbonyl (C=O) groups is 2. The smallest absolute Gasteiger partial charge is 0.264 e. The Morgan fingerprint density at radius 1 is 0.911 bits per heavy atom. The molecule has 7 nitrogen and oxygen atoms in total. The lowest BCUT2D eigenvalue weighted by Crippen LogP contribution is -2.53. The van der Waals surface area contributed by atoms with Gasteiger partial charge in [-0.15, -0.1) is 0 Å². The molecule has 0 spiro atoms. The minimum absolute atomic E-state index is 0.0136. The number of aryl methyl sites for hydroxylation is 1. The van der Waals surface area contributed by atoms with Gasteiger partial charge >= 0.3 is 0 Å². The second-order valence-corrected chi connectivity index (χ2v) is 13.5. The summed E-state index contributed by atoms with van der Waals surface area (Å²) in [5, 5.41) is 2.93. The maximum absolute atomic E-state index is 15.0. The second-order valence-electron chi connectivity index (χ2n) is 10.8. The Bertz CT molecular complexity index is 1700. The van der Waals surface area contributed by atoms with E-state index in [4.69, 9.17) is 0 Å². The van der Waals surface area contributed by atoms with Crippen LogP contribution in [0.2, 0.25) is 0 Å². The van der Waals surface area contributed by atoms with Crippen molar-refractivity contribution in [1.82, 2.24) is 10.2 Å². The number of anilines is 1. The van der Waals surface area contributed by atoms with Crippen molar-refractivity contribution in [3.05, 3.63) is 130 Å². The molecule has 0 radical (unpaired) electrons. The SMILES string of the molecule is CCCCNC(=O)[C@H](Cc1ccccc1)N(Cc1ccccc1F)C(=O)CN(c1cccc(Br)c1)S(=O)(=O)c1ccc(C)cc1. The molecule has 0 aromatic heterocycles. The van der Waals surface area contributed by atoms with Crippen LogP contribution in [-0.2, 0) is 32.6 Å². The molecule has 45 heavy (non-hydrogen) atoms. The van der Waals surface area contributed by atoms with Crippen LogP contribution in [0, 0.1) is 12.7 Å². The summed E-state index contributed by atoms with van der Waals surface area (Å²) in [4.78, 5) is 29.5. The topological polar surface area (TPSA) is 86.8 Å². The van der Waals surface area contributed by atoms with Gasteiger partial charge in [0, 0.05) is 29.5 Å². The molecule has 2 amide bonds. The average Bonchev–Trinajstić information content (AvgIpc) is 3.03. The van der Waals surface area contributed by atoms with Crippen molar-refractivity contribution in [2.45, 2.75) is 50.6 Å². The van der Waals surface area contributed by atoms with Crippen LogP contribution in [0.25, 0.3) is 0 Å². The quantitative estimate of drug-likeness (QED) is 0.150. The van der Waals surface area contributed by atoms with Gasteiger partial charge in [0.25, 0.3) is 10.0 Å². The van der Waals surface area contributed by atoms with Crippen LogP contribution in [0.5, 0.6) is 0 Å². The Morgan fingerprint density at radius 3 is 2.27 bits per heavy atom. The van der Waals surface area contributed by atoms with Gasteiger partial charge in [-0.25, -0.2) is 12.8 Å². The number of nitrogens with one attached hydrogen (secondary N) is 1. The van der Waals surface area contributed by atoms with Gasteiger partial charge in [-0.3, -0.25) is 13.9 Å². The van der Waals surface area contributed by atoms with Crippen LogP contribution in [0.15, 0.2) is 112 Å². The third kappa shape index (κ3) is 9.02. The fourth-order valence-corrected chi connectivity index (χ4v) is 6.66. The van der Waals surface area contributed by atoms with Gasteiger partial charge in [0.05, 0.1) is 10.6 Å². The van der Waals surface area contributed by atoms with E-state index in [9.17, 15) is 18.0 Å². The molecule has 0 unspecified atom stereocenters. The molecule has 10 heteroatoms. The van der Waals surface area contributed by atoms with Crippen LogP contribution in [0.4, 0.5) is 10.1 Å². The van der Waals surface area contributed by atoms with Crippen LogP contribution in [-0.4, -0.2) is 44.3 Å². The highest BCUT2D eigenvalue weighted by atomic mass is 79.9. The number of benzene rings is 4. The summed E-state index contributed by atoms with van der Waals surface area (Å²) < 4.78 is 44.9. The van der Waals surface area contributed by atoms with Crippen molar-refractivity contribution in [1.29, 1.82) is 0 Å². The molecule has 4 aromatic carbocycles. The van der Waals surface area contributed by atoms with E-state index in [-0.39, 0.29) is 29.1 Å². The van der Waals surface area contributed by atoms with E-state index in [2.05, 4.69) is 21.2 Å². The number of halogens is 2. The van der Waals surface area contributed by atoms with E-state index in [1.165, 1.54) is 23.1 Å². The van der Waals surface area contributed by atoms with E-state index >= 15 is 4.39 Å². The van der Waals surface area contributed by atoms with Gasteiger partial charge < -0.3 is 10.2 Å². The Kier molecular flexibility index (Phi) is 11.9. The molecule has 1 atom stereocenters. The summed E-state index contributed by atoms with van der Waals surface area (Å²) in [6.07, 6.45) is 1.76. The molecule has 0 aliphatic heterocycles. The highest BCUT2D eigenvalue weighted by Gasteiger charge is 2.35. The normalized spacial score (nSPS) is 11.9. The van der Waals surface area contributed by atoms with Crippen LogP contribution in [0.3, 0.4) is 0 Å². The number of carbonyl (C=O) groups excluding carboxylic acids is 2. The highest BCUT2D eigenvalue weighted by Crippen LogP contribution is 2.27. The zero-order chi connectivity index (χ0) is 32.4. The van der Waals surface area contributed by atoms with E-state index in [1.807, 2.05) is 44.2 Å². The monoisotopic (exact) mass is 693 g/mol. The predicted octanol–water partition coefficient (Wildman–Crippen LogP) is 6.65. The number of nitrogens with zero attached hydrogens (tertiary/aromatic N) is 2. The van der Waals surface area contributed by atoms with Gasteiger partial charge in [-0.1, -0.05) is 102 Å². The van der Waals surface area contributed by atoms with Crippen molar-refractivity contribution in [2.75, 3.05) is 17.4 Å². The van der Waals surface area contributed by atoms with Crippen LogP contribution in [0.1, 0.15) is 36.5 Å². The average molecular weight is 695 g/mol. The highest BCUT2D eigenvalue weighted by molar-refractivity contribution is 9.10. The number of unbranched alkanes of at least 4 members (excludes halogenated alkanes) is 1. The molecule has 4 rings (SSSR count). The Balaban J connectivity index is 1.80. The molecule has 0 aliphatic carbocycles. The van der Waals surface area contributed by atoms with Crippen LogP contribution < -0.4 is 9.62 Å². The molecule has 1 N–H and O–H groups in total. The predicted molar refractivity (Wildman–Crippen MR) is 179 cm³/mol. The number of hydrogen-bond acceptors (Lipinski definition) is 4. The number of hydrogen-bond donors (Lipinski definition) is 1. The summed E-state index contributed by atoms with van der Waals surface area (Å²) >= 11 is 3.41. The molecule has 4 aromatic rings. The number of amides is 2. The Labute approximate surface area is 273 Å². The van der Waals surface area contributed by atoms with Gasteiger partial charge in [0.1, 0.15) is 18.4 Å². The lowest BCUT2D eigenvalue weighted by Gasteiger charge is -2.34. The standard InChI is InChI=1S/C35H37BrFN3O4S/c1-3-4-21-38-35(42)33(22-27-11-6-5-7-12-27)39(24-28-13-8-9-16-32(28)37)34(41)25-40(30-15-10-14-29(36)23-30)45(43,44)31-19-17-26(2)18-20-31/h5-20,23,33H,3-4,21-22,24-25H2,1-2H3,(H,38,42)/t33-/m0/s1. The lowest BCUT2D eigenvalue weighted by atomic mass is 10.0. The molecule has 0 fully saturated rings. The van der Waals surface area contributed by atoms with E-state index < -0.39 is 40.2 Å². The first-order chi connectivity index (χ1) is 21.6.